The number of nitrogens with one attached hydrogen (secondary N) is 1. The van der Waals surface area contributed by atoms with Gasteiger partial charge in [-0.25, -0.2) is 4.39 Å². The number of Topliss-reactive ketones (excluding diaryl/α,β-unsaturated/α-hetero) is 1. The third-order valence-corrected chi connectivity index (χ3v) is 4.64. The number of hydrogen-bond acceptors (Lipinski definition) is 3. The number of ketones is 1. The molecule has 0 spiro atoms. The van der Waals surface area contributed by atoms with E-state index in [1.54, 1.807) is 12.1 Å². The van der Waals surface area contributed by atoms with Crippen molar-refractivity contribution in [3.05, 3.63) is 99.2 Å². The van der Waals surface area contributed by atoms with Crippen LogP contribution in [0.1, 0.15) is 39.4 Å². The molecule has 1 unspecified atom stereocenters. The third kappa shape index (κ3) is 4.14. The SMILES string of the molecule is COc1ccc(C(CC(=O)c2ccc(=O)[nH]c2)c2ccccc2C)c(F)c1. The maximum Gasteiger partial charge on any atom is 0.247 e. The summed E-state index contributed by atoms with van der Waals surface area (Å²) < 4.78 is 19.9. The summed E-state index contributed by atoms with van der Waals surface area (Å²) in [5.41, 5.74) is 2.42. The molecule has 1 heterocycles. The highest BCUT2D eigenvalue weighted by Gasteiger charge is 2.23. The summed E-state index contributed by atoms with van der Waals surface area (Å²) in [6, 6.07) is 15.1. The third-order valence-electron chi connectivity index (χ3n) is 4.64. The number of rotatable bonds is 6. The quantitative estimate of drug-likeness (QED) is 0.665. The monoisotopic (exact) mass is 365 g/mol. The minimum atomic E-state index is -0.448. The molecular formula is C22H20FNO3. The molecule has 1 aromatic heterocycles. The highest BCUT2D eigenvalue weighted by molar-refractivity contribution is 5.96. The zero-order chi connectivity index (χ0) is 19.4. The number of carbonyl (C=O) groups excluding carboxylic acids is 1. The summed E-state index contributed by atoms with van der Waals surface area (Å²) in [6.07, 6.45) is 1.48. The summed E-state index contributed by atoms with van der Waals surface area (Å²) >= 11 is 0. The Morgan fingerprint density at radius 2 is 1.89 bits per heavy atom. The number of ether oxygens (including phenoxy) is 1. The van der Waals surface area contributed by atoms with Crippen molar-refractivity contribution in [3.8, 4) is 5.75 Å². The number of benzene rings is 2. The van der Waals surface area contributed by atoms with Gasteiger partial charge in [0.25, 0.3) is 0 Å². The van der Waals surface area contributed by atoms with Gasteiger partial charge in [-0.1, -0.05) is 30.3 Å². The Balaban J connectivity index is 2.03. The van der Waals surface area contributed by atoms with Crippen LogP contribution in [0.2, 0.25) is 0 Å². The van der Waals surface area contributed by atoms with E-state index in [0.717, 1.165) is 11.1 Å². The van der Waals surface area contributed by atoms with Crippen LogP contribution in [0.3, 0.4) is 0 Å². The normalized spacial score (nSPS) is 11.8. The van der Waals surface area contributed by atoms with Crippen LogP contribution >= 0.6 is 0 Å². The van der Waals surface area contributed by atoms with Crippen molar-refractivity contribution in [1.82, 2.24) is 4.98 Å². The predicted molar refractivity (Wildman–Crippen MR) is 102 cm³/mol. The van der Waals surface area contributed by atoms with E-state index in [9.17, 15) is 14.0 Å². The van der Waals surface area contributed by atoms with Crippen molar-refractivity contribution in [3.63, 3.8) is 0 Å². The van der Waals surface area contributed by atoms with Crippen molar-refractivity contribution < 1.29 is 13.9 Å². The van der Waals surface area contributed by atoms with Gasteiger partial charge in [-0.3, -0.25) is 9.59 Å². The van der Waals surface area contributed by atoms with Crippen LogP contribution in [-0.4, -0.2) is 17.9 Å². The lowest BCUT2D eigenvalue weighted by Crippen LogP contribution is -2.13. The summed E-state index contributed by atoms with van der Waals surface area (Å²) in [5.74, 6) is -0.616. The van der Waals surface area contributed by atoms with Crippen molar-refractivity contribution in [2.75, 3.05) is 7.11 Å². The Morgan fingerprint density at radius 3 is 2.52 bits per heavy atom. The number of aromatic nitrogens is 1. The molecular weight excluding hydrogens is 345 g/mol. The molecule has 0 saturated carbocycles. The van der Waals surface area contributed by atoms with Crippen LogP contribution in [-0.2, 0) is 0 Å². The second-order valence-electron chi connectivity index (χ2n) is 6.37. The number of aromatic amines is 1. The summed E-state index contributed by atoms with van der Waals surface area (Å²) in [5, 5.41) is 0. The van der Waals surface area contributed by atoms with Crippen molar-refractivity contribution in [2.45, 2.75) is 19.3 Å². The molecule has 1 N–H and O–H groups in total. The minimum absolute atomic E-state index is 0.0835. The maximum atomic E-state index is 14.8. The maximum absolute atomic E-state index is 14.8. The van der Waals surface area contributed by atoms with E-state index in [1.807, 2.05) is 31.2 Å². The lowest BCUT2D eigenvalue weighted by molar-refractivity contribution is 0.0977. The molecule has 0 aliphatic heterocycles. The predicted octanol–water partition coefficient (Wildman–Crippen LogP) is 4.24. The molecule has 27 heavy (non-hydrogen) atoms. The molecule has 2 aromatic carbocycles. The molecule has 4 nitrogen and oxygen atoms in total. The number of H-pyrrole nitrogens is 1. The van der Waals surface area contributed by atoms with Crippen LogP contribution in [0.5, 0.6) is 5.75 Å². The molecule has 3 rings (SSSR count). The second kappa shape index (κ2) is 7.99. The molecule has 0 radical (unpaired) electrons. The van der Waals surface area contributed by atoms with Gasteiger partial charge in [-0.2, -0.15) is 0 Å². The fourth-order valence-electron chi connectivity index (χ4n) is 3.17. The van der Waals surface area contributed by atoms with E-state index in [0.29, 0.717) is 16.9 Å². The van der Waals surface area contributed by atoms with E-state index in [2.05, 4.69) is 4.98 Å². The van der Waals surface area contributed by atoms with Gasteiger partial charge >= 0.3 is 0 Å². The van der Waals surface area contributed by atoms with Crippen molar-refractivity contribution >= 4 is 5.78 Å². The molecule has 5 heteroatoms. The fraction of sp³-hybridized carbons (Fsp3) is 0.182. The first kappa shape index (κ1) is 18.6. The molecule has 0 aliphatic rings. The minimum Gasteiger partial charge on any atom is -0.497 e. The van der Waals surface area contributed by atoms with Crippen LogP contribution in [0.4, 0.5) is 4.39 Å². The number of hydrogen-bond donors (Lipinski definition) is 1. The average Bonchev–Trinajstić information content (AvgIpc) is 2.67. The van der Waals surface area contributed by atoms with Gasteiger partial charge in [0, 0.05) is 36.2 Å². The molecule has 1 atom stereocenters. The molecule has 0 bridgehead atoms. The van der Waals surface area contributed by atoms with Gasteiger partial charge in [-0.15, -0.1) is 0 Å². The Hall–Kier alpha value is -3.21. The summed E-state index contributed by atoms with van der Waals surface area (Å²) in [4.78, 5) is 26.5. The van der Waals surface area contributed by atoms with Crippen LogP contribution in [0.25, 0.3) is 0 Å². The Bertz CT molecular complexity index is 1010. The largest absolute Gasteiger partial charge is 0.497 e. The van der Waals surface area contributed by atoms with Crippen LogP contribution in [0.15, 0.2) is 65.6 Å². The van der Waals surface area contributed by atoms with E-state index in [1.165, 1.54) is 31.5 Å². The highest BCUT2D eigenvalue weighted by atomic mass is 19.1. The van der Waals surface area contributed by atoms with Gasteiger partial charge in [0.1, 0.15) is 11.6 Å². The number of halogens is 1. The highest BCUT2D eigenvalue weighted by Crippen LogP contribution is 2.34. The summed E-state index contributed by atoms with van der Waals surface area (Å²) in [7, 11) is 1.48. The van der Waals surface area contributed by atoms with Gasteiger partial charge in [0.05, 0.1) is 7.11 Å². The molecule has 3 aromatic rings. The lowest BCUT2D eigenvalue weighted by atomic mass is 9.83. The van der Waals surface area contributed by atoms with Crippen LogP contribution in [0, 0.1) is 12.7 Å². The second-order valence-corrected chi connectivity index (χ2v) is 6.37. The summed E-state index contributed by atoms with van der Waals surface area (Å²) in [6.45, 7) is 1.94. The molecule has 138 valence electrons. The van der Waals surface area contributed by atoms with E-state index in [4.69, 9.17) is 4.74 Å². The van der Waals surface area contributed by atoms with Gasteiger partial charge < -0.3 is 9.72 Å². The average molecular weight is 365 g/mol. The van der Waals surface area contributed by atoms with Gasteiger partial charge in [0.15, 0.2) is 5.78 Å². The topological polar surface area (TPSA) is 59.2 Å². The molecule has 0 aliphatic carbocycles. The van der Waals surface area contributed by atoms with Crippen molar-refractivity contribution in [2.24, 2.45) is 0 Å². The van der Waals surface area contributed by atoms with E-state index < -0.39 is 11.7 Å². The van der Waals surface area contributed by atoms with E-state index in [-0.39, 0.29) is 17.8 Å². The number of aryl methyl sites for hydroxylation is 1. The van der Waals surface area contributed by atoms with Crippen LogP contribution < -0.4 is 10.3 Å². The van der Waals surface area contributed by atoms with E-state index >= 15 is 0 Å². The number of methoxy groups -OCH3 is 1. The first-order valence-corrected chi connectivity index (χ1v) is 8.60. The first-order chi connectivity index (χ1) is 13.0. The lowest BCUT2D eigenvalue weighted by Gasteiger charge is -2.20. The molecule has 0 saturated heterocycles. The fourth-order valence-corrected chi connectivity index (χ4v) is 3.17. The number of carbonyl (C=O) groups is 1. The molecule has 0 amide bonds. The Morgan fingerprint density at radius 1 is 1.11 bits per heavy atom. The van der Waals surface area contributed by atoms with Gasteiger partial charge in [0.2, 0.25) is 5.56 Å². The van der Waals surface area contributed by atoms with Crippen molar-refractivity contribution in [1.29, 1.82) is 0 Å². The zero-order valence-corrected chi connectivity index (χ0v) is 15.2. The van der Waals surface area contributed by atoms with Gasteiger partial charge in [-0.05, 0) is 35.7 Å². The smallest absolute Gasteiger partial charge is 0.247 e. The molecule has 0 fully saturated rings. The first-order valence-electron chi connectivity index (χ1n) is 8.60. The standard InChI is InChI=1S/C22H20FNO3/c1-14-5-3-4-6-17(14)19(18-9-8-16(27-2)11-20(18)23)12-21(25)15-7-10-22(26)24-13-15/h3-11,13,19H,12H2,1-2H3,(H,24,26). The zero-order valence-electron chi connectivity index (χ0n) is 15.2. The Kier molecular flexibility index (Phi) is 5.50. The number of pyridine rings is 1. The Labute approximate surface area is 156 Å².